The first-order valence-corrected chi connectivity index (χ1v) is 6.99. The maximum Gasteiger partial charge on any atom is 0.328 e. The number of carboxylic acid groups (broad SMARTS) is 1. The molecule has 0 saturated heterocycles. The summed E-state index contributed by atoms with van der Waals surface area (Å²) in [6.45, 7) is 2.08. The lowest BCUT2D eigenvalue weighted by Gasteiger charge is -2.17. The third kappa shape index (κ3) is 3.90. The Kier molecular flexibility index (Phi) is 4.73. The van der Waals surface area contributed by atoms with Gasteiger partial charge in [0.1, 0.15) is 5.82 Å². The van der Waals surface area contributed by atoms with Gasteiger partial charge in [-0.05, 0) is 42.5 Å². The number of amides is 1. The van der Waals surface area contributed by atoms with Crippen LogP contribution in [0.4, 0.5) is 4.39 Å². The van der Waals surface area contributed by atoms with Crippen LogP contribution in [0.5, 0.6) is 0 Å². The second-order valence-electron chi connectivity index (χ2n) is 5.40. The fourth-order valence-corrected chi connectivity index (χ4v) is 2.59. The molecule has 1 amide bonds. The van der Waals surface area contributed by atoms with E-state index in [1.165, 1.54) is 18.2 Å². The molecule has 2 unspecified atom stereocenters. The number of nitrogens with one attached hydrogen (secondary N) is 1. The van der Waals surface area contributed by atoms with E-state index in [2.05, 4.69) is 12.2 Å². The Balaban J connectivity index is 2.09. The van der Waals surface area contributed by atoms with E-state index in [0.717, 1.165) is 31.4 Å². The first-order valence-electron chi connectivity index (χ1n) is 6.99. The van der Waals surface area contributed by atoms with Crippen molar-refractivity contribution in [3.05, 3.63) is 41.2 Å². The standard InChI is InChI=1S/C16H18FNO3/c1-10-3-2-4-14(10)18-16(21)12-7-5-11(9-13(12)17)6-8-15(19)20/h5-10,14H,2-4H2,1H3,(H,18,21)(H,19,20). The summed E-state index contributed by atoms with van der Waals surface area (Å²) >= 11 is 0. The van der Waals surface area contributed by atoms with E-state index >= 15 is 0 Å². The molecule has 2 atom stereocenters. The normalized spacial score (nSPS) is 21.6. The van der Waals surface area contributed by atoms with Gasteiger partial charge in [0.2, 0.25) is 0 Å². The quantitative estimate of drug-likeness (QED) is 0.838. The smallest absolute Gasteiger partial charge is 0.328 e. The third-order valence-corrected chi connectivity index (χ3v) is 3.83. The van der Waals surface area contributed by atoms with Gasteiger partial charge in [0.05, 0.1) is 5.56 Å². The van der Waals surface area contributed by atoms with Crippen LogP contribution in [-0.4, -0.2) is 23.0 Å². The van der Waals surface area contributed by atoms with Crippen molar-refractivity contribution < 1.29 is 19.1 Å². The Hall–Kier alpha value is -2.17. The highest BCUT2D eigenvalue weighted by molar-refractivity contribution is 5.95. The predicted molar refractivity (Wildman–Crippen MR) is 77.3 cm³/mol. The molecule has 1 aromatic carbocycles. The van der Waals surface area contributed by atoms with Crippen LogP contribution in [0.2, 0.25) is 0 Å². The summed E-state index contributed by atoms with van der Waals surface area (Å²) < 4.78 is 14.0. The number of halogens is 1. The van der Waals surface area contributed by atoms with Crippen LogP contribution in [0.1, 0.15) is 42.1 Å². The zero-order valence-corrected chi connectivity index (χ0v) is 11.8. The number of carbonyl (C=O) groups is 2. The highest BCUT2D eigenvalue weighted by Crippen LogP contribution is 2.25. The molecule has 1 saturated carbocycles. The van der Waals surface area contributed by atoms with Crippen molar-refractivity contribution in [1.29, 1.82) is 0 Å². The predicted octanol–water partition coefficient (Wildman–Crippen LogP) is 2.84. The zero-order valence-electron chi connectivity index (χ0n) is 11.8. The fourth-order valence-electron chi connectivity index (χ4n) is 2.59. The Bertz CT molecular complexity index is 583. The topological polar surface area (TPSA) is 66.4 Å². The molecule has 0 radical (unpaired) electrons. The van der Waals surface area contributed by atoms with Crippen LogP contribution in [0, 0.1) is 11.7 Å². The summed E-state index contributed by atoms with van der Waals surface area (Å²) in [4.78, 5) is 22.5. The zero-order chi connectivity index (χ0) is 15.4. The van der Waals surface area contributed by atoms with Crippen LogP contribution in [0.25, 0.3) is 6.08 Å². The molecule has 4 nitrogen and oxygen atoms in total. The molecule has 112 valence electrons. The largest absolute Gasteiger partial charge is 0.478 e. The lowest BCUT2D eigenvalue weighted by atomic mass is 10.1. The fraction of sp³-hybridized carbons (Fsp3) is 0.375. The maximum atomic E-state index is 14.0. The Morgan fingerprint density at radius 1 is 1.38 bits per heavy atom. The minimum atomic E-state index is -1.10. The molecular formula is C16H18FNO3. The second kappa shape index (κ2) is 6.52. The summed E-state index contributed by atoms with van der Waals surface area (Å²) in [6.07, 6.45) is 5.29. The molecule has 1 aromatic rings. The van der Waals surface area contributed by atoms with Crippen LogP contribution in [-0.2, 0) is 4.79 Å². The van der Waals surface area contributed by atoms with Crippen molar-refractivity contribution in [2.24, 2.45) is 5.92 Å². The van der Waals surface area contributed by atoms with E-state index in [1.807, 2.05) is 0 Å². The SMILES string of the molecule is CC1CCCC1NC(=O)c1ccc(C=CC(=O)O)cc1F. The molecule has 0 bridgehead atoms. The summed E-state index contributed by atoms with van der Waals surface area (Å²) in [5, 5.41) is 11.4. The third-order valence-electron chi connectivity index (χ3n) is 3.83. The molecule has 1 aliphatic carbocycles. The number of hydrogen-bond donors (Lipinski definition) is 2. The number of benzene rings is 1. The van der Waals surface area contributed by atoms with Gasteiger partial charge in [0, 0.05) is 12.1 Å². The van der Waals surface area contributed by atoms with Crippen LogP contribution in [0.15, 0.2) is 24.3 Å². The number of aliphatic carboxylic acids is 1. The van der Waals surface area contributed by atoms with Crippen molar-refractivity contribution in [1.82, 2.24) is 5.32 Å². The first-order chi connectivity index (χ1) is 9.97. The van der Waals surface area contributed by atoms with Gasteiger partial charge in [-0.15, -0.1) is 0 Å². The van der Waals surface area contributed by atoms with Crippen LogP contribution >= 0.6 is 0 Å². The van der Waals surface area contributed by atoms with Gasteiger partial charge < -0.3 is 10.4 Å². The monoisotopic (exact) mass is 291 g/mol. The van der Waals surface area contributed by atoms with Crippen molar-refractivity contribution in [2.45, 2.75) is 32.2 Å². The van der Waals surface area contributed by atoms with Gasteiger partial charge in [-0.2, -0.15) is 0 Å². The van der Waals surface area contributed by atoms with Gasteiger partial charge >= 0.3 is 5.97 Å². The molecule has 2 N–H and O–H groups in total. The molecule has 1 aliphatic rings. The summed E-state index contributed by atoms with van der Waals surface area (Å²) in [6, 6.07) is 4.16. The molecule has 0 spiro atoms. The average Bonchev–Trinajstić information content (AvgIpc) is 2.82. The maximum absolute atomic E-state index is 14.0. The number of rotatable bonds is 4. The lowest BCUT2D eigenvalue weighted by Crippen LogP contribution is -2.36. The van der Waals surface area contributed by atoms with Crippen molar-refractivity contribution >= 4 is 18.0 Å². The van der Waals surface area contributed by atoms with E-state index in [4.69, 9.17) is 5.11 Å². The first kappa shape index (κ1) is 15.2. The van der Waals surface area contributed by atoms with Crippen LogP contribution in [0.3, 0.4) is 0 Å². The number of carbonyl (C=O) groups excluding carboxylic acids is 1. The average molecular weight is 291 g/mol. The van der Waals surface area contributed by atoms with Gasteiger partial charge in [0.15, 0.2) is 0 Å². The highest BCUT2D eigenvalue weighted by Gasteiger charge is 2.25. The van der Waals surface area contributed by atoms with Gasteiger partial charge in [0.25, 0.3) is 5.91 Å². The molecule has 2 rings (SSSR count). The Labute approximate surface area is 122 Å². The van der Waals surface area contributed by atoms with E-state index in [9.17, 15) is 14.0 Å². The molecule has 21 heavy (non-hydrogen) atoms. The van der Waals surface area contributed by atoms with Crippen molar-refractivity contribution in [3.8, 4) is 0 Å². The Morgan fingerprint density at radius 2 is 2.14 bits per heavy atom. The summed E-state index contributed by atoms with van der Waals surface area (Å²) in [5.41, 5.74) is 0.391. The minimum Gasteiger partial charge on any atom is -0.478 e. The number of hydrogen-bond acceptors (Lipinski definition) is 2. The minimum absolute atomic E-state index is 0.0124. The van der Waals surface area contributed by atoms with Gasteiger partial charge in [-0.1, -0.05) is 19.4 Å². The molecule has 0 aromatic heterocycles. The van der Waals surface area contributed by atoms with Crippen LogP contribution < -0.4 is 5.32 Å². The number of carboxylic acids is 1. The van der Waals surface area contributed by atoms with E-state index < -0.39 is 17.7 Å². The van der Waals surface area contributed by atoms with Crippen molar-refractivity contribution in [3.63, 3.8) is 0 Å². The summed E-state index contributed by atoms with van der Waals surface area (Å²) in [7, 11) is 0. The Morgan fingerprint density at radius 3 is 2.71 bits per heavy atom. The molecule has 0 aliphatic heterocycles. The molecule has 1 fully saturated rings. The second-order valence-corrected chi connectivity index (χ2v) is 5.40. The van der Waals surface area contributed by atoms with E-state index in [-0.39, 0.29) is 11.6 Å². The lowest BCUT2D eigenvalue weighted by molar-refractivity contribution is -0.131. The van der Waals surface area contributed by atoms with Crippen molar-refractivity contribution in [2.75, 3.05) is 0 Å². The van der Waals surface area contributed by atoms with E-state index in [1.54, 1.807) is 0 Å². The van der Waals surface area contributed by atoms with Gasteiger partial charge in [-0.3, -0.25) is 4.79 Å². The summed E-state index contributed by atoms with van der Waals surface area (Å²) in [5.74, 6) is -1.76. The highest BCUT2D eigenvalue weighted by atomic mass is 19.1. The molecular weight excluding hydrogens is 273 g/mol. The van der Waals surface area contributed by atoms with Gasteiger partial charge in [-0.25, -0.2) is 9.18 Å². The van der Waals surface area contributed by atoms with E-state index in [0.29, 0.717) is 11.5 Å². The molecule has 5 heteroatoms. The molecule has 0 heterocycles.